The van der Waals surface area contributed by atoms with Crippen LogP contribution in [0.1, 0.15) is 20.8 Å². The maximum Gasteiger partial charge on any atom is 0.411 e. The van der Waals surface area contributed by atoms with Crippen LogP contribution in [0.25, 0.3) is 0 Å². The molecule has 2 atom stereocenters. The number of nitrogens with zero attached hydrogens (tertiary/aromatic N) is 1. The number of rotatable bonds is 0. The van der Waals surface area contributed by atoms with Gasteiger partial charge in [-0.1, -0.05) is 12.2 Å². The summed E-state index contributed by atoms with van der Waals surface area (Å²) in [5.41, 5.74) is -0.436. The summed E-state index contributed by atoms with van der Waals surface area (Å²) < 4.78 is 10.7. The first kappa shape index (κ1) is 10.5. The van der Waals surface area contributed by atoms with Gasteiger partial charge in [0.25, 0.3) is 0 Å². The van der Waals surface area contributed by atoms with Gasteiger partial charge in [-0.3, -0.25) is 4.90 Å². The van der Waals surface area contributed by atoms with Crippen LogP contribution < -0.4 is 0 Å². The highest BCUT2D eigenvalue weighted by Gasteiger charge is 2.38. The van der Waals surface area contributed by atoms with Crippen LogP contribution >= 0.6 is 0 Å². The fourth-order valence-corrected chi connectivity index (χ4v) is 1.85. The number of ether oxygens (including phenoxy) is 2. The zero-order valence-corrected chi connectivity index (χ0v) is 9.40. The maximum absolute atomic E-state index is 11.9. The van der Waals surface area contributed by atoms with Crippen molar-refractivity contribution in [2.24, 2.45) is 0 Å². The fraction of sp³-hybridized carbons (Fsp3) is 0.727. The first-order valence-electron chi connectivity index (χ1n) is 5.25. The van der Waals surface area contributed by atoms with Gasteiger partial charge in [-0.05, 0) is 20.8 Å². The van der Waals surface area contributed by atoms with Crippen LogP contribution in [0.2, 0.25) is 0 Å². The van der Waals surface area contributed by atoms with Gasteiger partial charge in [-0.25, -0.2) is 4.79 Å². The van der Waals surface area contributed by atoms with Crippen LogP contribution in [-0.4, -0.2) is 41.9 Å². The lowest BCUT2D eigenvalue weighted by Crippen LogP contribution is -2.51. The molecule has 84 valence electrons. The molecule has 0 aromatic heterocycles. The minimum absolute atomic E-state index is 0.0543. The smallest absolute Gasteiger partial charge is 0.411 e. The van der Waals surface area contributed by atoms with Gasteiger partial charge in [-0.15, -0.1) is 0 Å². The highest BCUT2D eigenvalue weighted by Crippen LogP contribution is 2.24. The van der Waals surface area contributed by atoms with Gasteiger partial charge >= 0.3 is 6.09 Å². The van der Waals surface area contributed by atoms with Gasteiger partial charge in [0.1, 0.15) is 5.60 Å². The number of hydrogen-bond acceptors (Lipinski definition) is 3. The van der Waals surface area contributed by atoms with Crippen molar-refractivity contribution in [2.75, 3.05) is 13.2 Å². The molecule has 4 heteroatoms. The SMILES string of the molecule is CC(C)(C)OC(=O)N1[C@H]2C=C[C@H]1COC2. The topological polar surface area (TPSA) is 38.8 Å². The molecule has 2 aliphatic heterocycles. The molecule has 0 aromatic rings. The van der Waals surface area contributed by atoms with E-state index in [4.69, 9.17) is 9.47 Å². The Hall–Kier alpha value is -1.03. The second-order valence-electron chi connectivity index (χ2n) is 4.94. The molecule has 0 aliphatic carbocycles. The van der Waals surface area contributed by atoms with Crippen LogP contribution in [0, 0.1) is 0 Å². The van der Waals surface area contributed by atoms with Crippen LogP contribution in [0.3, 0.4) is 0 Å². The molecule has 0 spiro atoms. The normalized spacial score (nSPS) is 29.4. The molecule has 15 heavy (non-hydrogen) atoms. The minimum atomic E-state index is -0.436. The van der Waals surface area contributed by atoms with Crippen molar-refractivity contribution in [1.82, 2.24) is 4.90 Å². The lowest BCUT2D eigenvalue weighted by atomic mass is 10.2. The molecule has 1 saturated heterocycles. The largest absolute Gasteiger partial charge is 0.444 e. The van der Waals surface area contributed by atoms with E-state index in [1.165, 1.54) is 0 Å². The Morgan fingerprint density at radius 3 is 2.33 bits per heavy atom. The van der Waals surface area contributed by atoms with Crippen LogP contribution in [0.15, 0.2) is 12.2 Å². The van der Waals surface area contributed by atoms with E-state index < -0.39 is 5.60 Å². The molecule has 2 bridgehead atoms. The molecule has 2 rings (SSSR count). The molecule has 1 amide bonds. The number of morpholine rings is 1. The van der Waals surface area contributed by atoms with Crippen molar-refractivity contribution in [3.63, 3.8) is 0 Å². The van der Waals surface area contributed by atoms with Gasteiger partial charge in [0, 0.05) is 0 Å². The molecular weight excluding hydrogens is 194 g/mol. The lowest BCUT2D eigenvalue weighted by molar-refractivity contribution is -0.0311. The number of carbonyl (C=O) groups is 1. The Bertz CT molecular complexity index is 279. The summed E-state index contributed by atoms with van der Waals surface area (Å²) in [7, 11) is 0. The Kier molecular flexibility index (Phi) is 2.46. The van der Waals surface area contributed by atoms with Crippen molar-refractivity contribution in [3.05, 3.63) is 12.2 Å². The quantitative estimate of drug-likeness (QED) is 0.571. The van der Waals surface area contributed by atoms with Crippen LogP contribution in [-0.2, 0) is 9.47 Å². The van der Waals surface area contributed by atoms with Crippen molar-refractivity contribution in [2.45, 2.75) is 38.5 Å². The van der Waals surface area contributed by atoms with E-state index in [2.05, 4.69) is 0 Å². The number of carbonyl (C=O) groups excluding carboxylic acids is 1. The third kappa shape index (κ3) is 2.15. The van der Waals surface area contributed by atoms with Gasteiger partial charge in [0.15, 0.2) is 0 Å². The molecule has 0 N–H and O–H groups in total. The number of fused-ring (bicyclic) bond motifs is 2. The molecule has 4 nitrogen and oxygen atoms in total. The van der Waals surface area contributed by atoms with E-state index in [0.717, 1.165) is 0 Å². The predicted molar refractivity (Wildman–Crippen MR) is 55.6 cm³/mol. The third-order valence-electron chi connectivity index (χ3n) is 2.45. The highest BCUT2D eigenvalue weighted by atomic mass is 16.6. The van der Waals surface area contributed by atoms with Crippen LogP contribution in [0.4, 0.5) is 4.79 Å². The standard InChI is InChI=1S/C11H17NO3/c1-11(2,3)15-10(13)12-8-4-5-9(12)7-14-6-8/h4-5,8-9H,6-7H2,1-3H3/t8-,9-/m0/s1. The first-order valence-corrected chi connectivity index (χ1v) is 5.25. The molecule has 0 radical (unpaired) electrons. The van der Waals surface area contributed by atoms with Crippen molar-refractivity contribution in [1.29, 1.82) is 0 Å². The Labute approximate surface area is 89.8 Å². The van der Waals surface area contributed by atoms with Gasteiger partial charge in [0.2, 0.25) is 0 Å². The maximum atomic E-state index is 11.9. The molecular formula is C11H17NO3. The van der Waals surface area contributed by atoms with Gasteiger partial charge in [-0.2, -0.15) is 0 Å². The average Bonchev–Trinajstić information content (AvgIpc) is 2.34. The van der Waals surface area contributed by atoms with Crippen molar-refractivity contribution in [3.8, 4) is 0 Å². The van der Waals surface area contributed by atoms with E-state index in [-0.39, 0.29) is 18.2 Å². The molecule has 0 unspecified atom stereocenters. The Balaban J connectivity index is 2.03. The fourth-order valence-electron chi connectivity index (χ4n) is 1.85. The average molecular weight is 211 g/mol. The Morgan fingerprint density at radius 1 is 1.33 bits per heavy atom. The second kappa shape index (κ2) is 3.52. The highest BCUT2D eigenvalue weighted by molar-refractivity contribution is 5.70. The van der Waals surface area contributed by atoms with Gasteiger partial charge in [0.05, 0.1) is 25.3 Å². The van der Waals surface area contributed by atoms with E-state index in [9.17, 15) is 4.79 Å². The molecule has 0 aromatic carbocycles. The zero-order chi connectivity index (χ0) is 11.1. The van der Waals surface area contributed by atoms with Crippen molar-refractivity contribution < 1.29 is 14.3 Å². The Morgan fingerprint density at radius 2 is 1.87 bits per heavy atom. The molecule has 2 aliphatic rings. The predicted octanol–water partition coefficient (Wildman–Crippen LogP) is 1.56. The van der Waals surface area contributed by atoms with Gasteiger partial charge < -0.3 is 9.47 Å². The summed E-state index contributed by atoms with van der Waals surface area (Å²) in [6.45, 7) is 6.78. The summed E-state index contributed by atoms with van der Waals surface area (Å²) >= 11 is 0. The van der Waals surface area contributed by atoms with E-state index in [1.807, 2.05) is 32.9 Å². The van der Waals surface area contributed by atoms with E-state index in [0.29, 0.717) is 13.2 Å². The summed E-state index contributed by atoms with van der Waals surface area (Å²) in [5.74, 6) is 0. The summed E-state index contributed by atoms with van der Waals surface area (Å²) in [4.78, 5) is 13.6. The zero-order valence-electron chi connectivity index (χ0n) is 9.40. The first-order chi connectivity index (χ1) is 6.97. The molecule has 0 saturated carbocycles. The van der Waals surface area contributed by atoms with E-state index in [1.54, 1.807) is 4.90 Å². The summed E-state index contributed by atoms with van der Waals surface area (Å²) in [6, 6.07) is 0.109. The monoisotopic (exact) mass is 211 g/mol. The minimum Gasteiger partial charge on any atom is -0.444 e. The molecule has 2 heterocycles. The molecule has 1 fully saturated rings. The third-order valence-corrected chi connectivity index (χ3v) is 2.45. The lowest BCUT2D eigenvalue weighted by Gasteiger charge is -2.35. The summed E-state index contributed by atoms with van der Waals surface area (Å²) in [5, 5.41) is 0. The second-order valence-corrected chi connectivity index (χ2v) is 4.94. The van der Waals surface area contributed by atoms with E-state index >= 15 is 0 Å². The summed E-state index contributed by atoms with van der Waals surface area (Å²) in [6.07, 6.45) is 3.79. The van der Waals surface area contributed by atoms with Crippen molar-refractivity contribution >= 4 is 6.09 Å². The van der Waals surface area contributed by atoms with Crippen LogP contribution in [0.5, 0.6) is 0 Å². The number of amides is 1. The number of hydrogen-bond donors (Lipinski definition) is 0.